The minimum absolute atomic E-state index is 0.133. The van der Waals surface area contributed by atoms with Gasteiger partial charge in [-0.25, -0.2) is 0 Å². The van der Waals surface area contributed by atoms with Crippen LogP contribution in [0.2, 0.25) is 26.6 Å². The number of hydrogen-bond donors (Lipinski definition) is 0. The summed E-state index contributed by atoms with van der Waals surface area (Å²) in [6, 6.07) is 4.41. The molecular weight excluding hydrogens is 964 g/mol. The van der Waals surface area contributed by atoms with E-state index in [1.54, 1.807) is 4.57 Å². The topological polar surface area (TPSA) is 65.3 Å². The molecule has 61 heavy (non-hydrogen) atoms. The molecule has 5 nitrogen and oxygen atoms in total. The van der Waals surface area contributed by atoms with E-state index in [-0.39, 0.29) is 11.1 Å². The van der Waals surface area contributed by atoms with Crippen molar-refractivity contribution in [1.29, 1.82) is 0 Å². The molecule has 0 aliphatic rings. The Kier molecular flexibility index (Phi) is 28.0. The molecule has 0 amide bonds. The van der Waals surface area contributed by atoms with Crippen LogP contribution in [0, 0.1) is 5.92 Å². The molecule has 0 saturated carbocycles. The summed E-state index contributed by atoms with van der Waals surface area (Å²) in [7, 11) is 0. The summed E-state index contributed by atoms with van der Waals surface area (Å²) in [5.41, 5.74) is 0.928. The van der Waals surface area contributed by atoms with Gasteiger partial charge in [0.2, 0.25) is 0 Å². The van der Waals surface area contributed by atoms with Crippen LogP contribution in [0.15, 0.2) is 30.6 Å². The number of unbranched alkanes of at least 4 members (excludes halogenated alkanes) is 18. The minimum atomic E-state index is -3.10. The van der Waals surface area contributed by atoms with E-state index in [0.29, 0.717) is 34.4 Å². The quantitative estimate of drug-likeness (QED) is 0.0424. The van der Waals surface area contributed by atoms with E-state index in [9.17, 15) is 0 Å². The average molecular weight is 1060 g/mol. The SMILES string of the molecule is CCCCCCCCCCC(CCCCCCCC)Cn1c(=O)c2c[c]([Sn]([CH2]CCC)([CH2]CCC)[CH2]CCC)oc2c2o[c]([Sn]([CH2]CCC)([CH2]CCC)[CH2]CCC)cc2c1=O. The fraction of sp³-hybridized carbons (Fsp3) is 0.815. The Bertz CT molecular complexity index is 1570. The van der Waals surface area contributed by atoms with Crippen LogP contribution in [0.5, 0.6) is 0 Å². The van der Waals surface area contributed by atoms with Crippen molar-refractivity contribution in [3.8, 4) is 0 Å². The third-order valence-electron chi connectivity index (χ3n) is 14.6. The predicted octanol–water partition coefficient (Wildman–Crippen LogP) is 16.7. The van der Waals surface area contributed by atoms with Gasteiger partial charge in [-0.1, -0.05) is 52.4 Å². The Balaban J connectivity index is 2.31. The standard InChI is InChI=1S/C30H43NO4.6C4H9.2Sn/c1-3-5-7-9-11-12-14-16-18-24(17-15-13-10-8-6-4-2)23-31-29(32)25-19-21-34-27(25)28-26(30(31)33)20-22-35-28;6*1-3-4-2;;/h19-20,24H,3-18,23H2,1-2H3;6*1,3-4H2,2H3;;. The summed E-state index contributed by atoms with van der Waals surface area (Å²) in [6.07, 6.45) is 34.6. The molecule has 1 atom stereocenters. The molecule has 0 aliphatic heterocycles. The molecule has 0 N–H and O–H groups in total. The molecule has 0 saturated heterocycles. The van der Waals surface area contributed by atoms with Gasteiger partial charge in [-0.3, -0.25) is 0 Å². The van der Waals surface area contributed by atoms with Gasteiger partial charge in [0.05, 0.1) is 0 Å². The van der Waals surface area contributed by atoms with Crippen LogP contribution < -0.4 is 18.7 Å². The number of hydrogen-bond acceptors (Lipinski definition) is 4. The van der Waals surface area contributed by atoms with Crippen LogP contribution in [0.4, 0.5) is 0 Å². The van der Waals surface area contributed by atoms with Gasteiger partial charge in [0.25, 0.3) is 0 Å². The van der Waals surface area contributed by atoms with Crippen LogP contribution in [-0.2, 0) is 6.54 Å². The average Bonchev–Trinajstić information content (AvgIpc) is 3.92. The number of fused-ring (bicyclic) bond motifs is 3. The van der Waals surface area contributed by atoms with Gasteiger partial charge in [0.15, 0.2) is 0 Å². The predicted molar refractivity (Wildman–Crippen MR) is 274 cm³/mol. The first-order valence-electron chi connectivity index (χ1n) is 26.9. The van der Waals surface area contributed by atoms with Crippen molar-refractivity contribution < 1.29 is 8.83 Å². The second-order valence-corrected chi connectivity index (χ2v) is 45.8. The Labute approximate surface area is 383 Å². The summed E-state index contributed by atoms with van der Waals surface area (Å²) >= 11 is -6.19. The zero-order chi connectivity index (χ0) is 44.4. The van der Waals surface area contributed by atoms with Gasteiger partial charge in [0.1, 0.15) is 0 Å². The van der Waals surface area contributed by atoms with Gasteiger partial charge >= 0.3 is 334 Å². The van der Waals surface area contributed by atoms with Crippen LogP contribution >= 0.6 is 0 Å². The first-order chi connectivity index (χ1) is 29.7. The fourth-order valence-corrected chi connectivity index (χ4v) is 41.0. The zero-order valence-electron chi connectivity index (χ0n) is 41.6. The summed E-state index contributed by atoms with van der Waals surface area (Å²) in [5.74, 6) is 0.316. The summed E-state index contributed by atoms with van der Waals surface area (Å²) in [6.45, 7) is 19.0. The van der Waals surface area contributed by atoms with E-state index in [1.807, 2.05) is 0 Å². The van der Waals surface area contributed by atoms with E-state index in [0.717, 1.165) is 12.8 Å². The molecule has 350 valence electrons. The molecule has 0 bridgehead atoms. The molecule has 0 aromatic carbocycles. The van der Waals surface area contributed by atoms with Crippen molar-refractivity contribution in [3.05, 3.63) is 32.8 Å². The summed E-state index contributed by atoms with van der Waals surface area (Å²) < 4.78 is 26.2. The Morgan fingerprint density at radius 3 is 0.984 bits per heavy atom. The Morgan fingerprint density at radius 1 is 0.410 bits per heavy atom. The van der Waals surface area contributed by atoms with E-state index in [1.165, 1.54) is 201 Å². The second-order valence-electron chi connectivity index (χ2n) is 19.8. The number of furan rings is 2. The Hall–Kier alpha value is -0.703. The molecule has 0 aliphatic carbocycles. The van der Waals surface area contributed by atoms with Crippen LogP contribution in [-0.4, -0.2) is 41.3 Å². The first kappa shape index (κ1) is 54.6. The van der Waals surface area contributed by atoms with Crippen molar-refractivity contribution in [2.24, 2.45) is 5.92 Å². The van der Waals surface area contributed by atoms with Gasteiger partial charge < -0.3 is 0 Å². The molecule has 7 heteroatoms. The van der Waals surface area contributed by atoms with Crippen molar-refractivity contribution in [2.45, 2.75) is 268 Å². The Morgan fingerprint density at radius 2 is 0.689 bits per heavy atom. The van der Waals surface area contributed by atoms with Gasteiger partial charge in [-0.05, 0) is 0 Å². The summed E-state index contributed by atoms with van der Waals surface area (Å²) in [4.78, 5) is 30.5. The van der Waals surface area contributed by atoms with Crippen molar-refractivity contribution in [1.82, 2.24) is 4.57 Å². The van der Waals surface area contributed by atoms with Crippen LogP contribution in [0.25, 0.3) is 21.9 Å². The third-order valence-corrected chi connectivity index (χ3v) is 44.4. The molecule has 3 aromatic rings. The molecule has 0 fully saturated rings. The molecule has 3 heterocycles. The van der Waals surface area contributed by atoms with Gasteiger partial charge in [0, 0.05) is 0 Å². The molecular formula is C54H97NO4Sn2. The third kappa shape index (κ3) is 16.9. The zero-order valence-corrected chi connectivity index (χ0v) is 47.3. The number of rotatable bonds is 38. The first-order valence-corrected chi connectivity index (χ1v) is 41.9. The normalized spacial score (nSPS) is 13.0. The maximum absolute atomic E-state index is 15.2. The van der Waals surface area contributed by atoms with E-state index < -0.39 is 36.8 Å². The van der Waals surface area contributed by atoms with Crippen LogP contribution in [0.1, 0.15) is 235 Å². The van der Waals surface area contributed by atoms with Crippen molar-refractivity contribution >= 4 is 66.2 Å². The molecule has 3 aromatic heterocycles. The monoisotopic (exact) mass is 1060 g/mol. The second kappa shape index (κ2) is 31.3. The molecule has 3 rings (SSSR count). The maximum atomic E-state index is 15.2. The van der Waals surface area contributed by atoms with Crippen LogP contribution in [0.3, 0.4) is 0 Å². The fourth-order valence-electron chi connectivity index (χ4n) is 10.5. The van der Waals surface area contributed by atoms with E-state index in [2.05, 4.69) is 67.5 Å². The number of nitrogens with zero attached hydrogens (tertiary/aromatic N) is 1. The van der Waals surface area contributed by atoms with Gasteiger partial charge in [-0.15, -0.1) is 0 Å². The number of aromatic nitrogens is 1. The molecule has 0 radical (unpaired) electrons. The van der Waals surface area contributed by atoms with Gasteiger partial charge in [-0.2, -0.15) is 0 Å². The summed E-state index contributed by atoms with van der Waals surface area (Å²) in [5, 5.41) is 1.24. The molecule has 0 spiro atoms. The van der Waals surface area contributed by atoms with Crippen molar-refractivity contribution in [3.63, 3.8) is 0 Å². The van der Waals surface area contributed by atoms with Crippen molar-refractivity contribution in [2.75, 3.05) is 0 Å². The van der Waals surface area contributed by atoms with E-state index in [4.69, 9.17) is 8.83 Å². The van der Waals surface area contributed by atoms with E-state index >= 15 is 9.59 Å². The molecule has 1 unspecified atom stereocenters.